The topological polar surface area (TPSA) is 71.7 Å². The molecule has 1 fully saturated rings. The van der Waals surface area contributed by atoms with Crippen molar-refractivity contribution in [3.63, 3.8) is 0 Å². The molecule has 174 valence electrons. The van der Waals surface area contributed by atoms with Gasteiger partial charge in [0.05, 0.1) is 23.2 Å². The van der Waals surface area contributed by atoms with Gasteiger partial charge in [-0.2, -0.15) is 0 Å². The minimum atomic E-state index is -0.884. The molecule has 5 rings (SSSR count). The van der Waals surface area contributed by atoms with Crippen molar-refractivity contribution in [2.75, 3.05) is 11.9 Å². The van der Waals surface area contributed by atoms with Crippen LogP contribution in [0.1, 0.15) is 38.7 Å². The van der Waals surface area contributed by atoms with E-state index in [1.807, 2.05) is 36.4 Å². The maximum atomic E-state index is 10.2. The number of aromatic nitrogens is 3. The highest BCUT2D eigenvalue weighted by molar-refractivity contribution is 7.80. The van der Waals surface area contributed by atoms with E-state index in [1.54, 1.807) is 24.6 Å². The predicted octanol–water partition coefficient (Wildman–Crippen LogP) is 5.89. The Kier molecular flexibility index (Phi) is 6.06. The summed E-state index contributed by atoms with van der Waals surface area (Å²) in [6.45, 7) is 3.87. The van der Waals surface area contributed by atoms with E-state index < -0.39 is 5.60 Å². The van der Waals surface area contributed by atoms with Crippen LogP contribution in [-0.4, -0.2) is 36.7 Å². The molecule has 1 saturated carbocycles. The number of imidazole rings is 1. The van der Waals surface area contributed by atoms with Gasteiger partial charge in [0.15, 0.2) is 5.65 Å². The normalized spacial score (nSPS) is 13.7. The Morgan fingerprint density at radius 2 is 1.88 bits per heavy atom. The van der Waals surface area contributed by atoms with Crippen LogP contribution in [-0.2, 0) is 0 Å². The first-order valence-corrected chi connectivity index (χ1v) is 12.0. The quantitative estimate of drug-likeness (QED) is 0.234. The fraction of sp³-hybridized carbons (Fsp3) is 0.296. The molecule has 0 saturated heterocycles. The highest BCUT2D eigenvalue weighted by Gasteiger charge is 2.23. The van der Waals surface area contributed by atoms with E-state index in [0.29, 0.717) is 23.8 Å². The lowest BCUT2D eigenvalue weighted by molar-refractivity contribution is 0.0945. The van der Waals surface area contributed by atoms with Gasteiger partial charge in [0, 0.05) is 23.0 Å². The van der Waals surface area contributed by atoms with Crippen LogP contribution in [0, 0.1) is 5.92 Å². The summed E-state index contributed by atoms with van der Waals surface area (Å²) in [5, 5.41) is 18.2. The molecule has 6 nitrogen and oxygen atoms in total. The molecule has 34 heavy (non-hydrogen) atoms. The molecule has 0 atom stereocenters. The predicted molar refractivity (Wildman–Crippen MR) is 139 cm³/mol. The molecule has 2 aromatic heterocycles. The van der Waals surface area contributed by atoms with Crippen molar-refractivity contribution in [1.82, 2.24) is 14.6 Å². The van der Waals surface area contributed by atoms with Crippen molar-refractivity contribution in [3.05, 3.63) is 72.4 Å². The molecule has 0 unspecified atom stereocenters. The first-order valence-electron chi connectivity index (χ1n) is 11.6. The average Bonchev–Trinajstić information content (AvgIpc) is 3.53. The number of nitrogens with zero attached hydrogens (tertiary/aromatic N) is 3. The molecule has 2 N–H and O–H groups in total. The molecule has 0 spiro atoms. The summed E-state index contributed by atoms with van der Waals surface area (Å²) in [7, 11) is 0. The van der Waals surface area contributed by atoms with E-state index in [4.69, 9.17) is 22.1 Å². The van der Waals surface area contributed by atoms with Crippen molar-refractivity contribution in [2.24, 2.45) is 5.92 Å². The lowest BCUT2D eigenvalue weighted by atomic mass is 10.0. The molecular formula is C27H28N4O2S. The molecule has 1 aliphatic carbocycles. The number of thiocarbonyl (C=S) groups is 1. The SMILES string of the molecule is CC(C)(O)CNc1cc(Oc2ccccc2)nn2c(-c3ccc(C(=S)CC4CC4)cc3)cnc12. The number of hydrogen-bond acceptors (Lipinski definition) is 6. The lowest BCUT2D eigenvalue weighted by Gasteiger charge is -2.19. The number of anilines is 1. The molecule has 2 heterocycles. The fourth-order valence-corrected chi connectivity index (χ4v) is 4.14. The summed E-state index contributed by atoms with van der Waals surface area (Å²) >= 11 is 5.64. The molecule has 1 aliphatic rings. The van der Waals surface area contributed by atoms with Crippen LogP contribution in [0.3, 0.4) is 0 Å². The van der Waals surface area contributed by atoms with Crippen molar-refractivity contribution in [2.45, 2.75) is 38.7 Å². The fourth-order valence-electron chi connectivity index (χ4n) is 3.77. The second-order valence-corrected chi connectivity index (χ2v) is 10.00. The number of fused-ring (bicyclic) bond motifs is 1. The van der Waals surface area contributed by atoms with Gasteiger partial charge in [-0.3, -0.25) is 0 Å². The maximum absolute atomic E-state index is 10.2. The third-order valence-corrected chi connectivity index (χ3v) is 6.20. The van der Waals surface area contributed by atoms with E-state index in [0.717, 1.165) is 39.7 Å². The minimum absolute atomic E-state index is 0.354. The van der Waals surface area contributed by atoms with Gasteiger partial charge in [-0.15, -0.1) is 5.10 Å². The summed E-state index contributed by atoms with van der Waals surface area (Å²) < 4.78 is 7.81. The third kappa shape index (κ3) is 5.26. The molecule has 0 radical (unpaired) electrons. The Morgan fingerprint density at radius 1 is 1.15 bits per heavy atom. The van der Waals surface area contributed by atoms with E-state index in [2.05, 4.69) is 34.6 Å². The number of nitrogens with one attached hydrogen (secondary N) is 1. The van der Waals surface area contributed by atoms with Crippen LogP contribution < -0.4 is 10.1 Å². The molecule has 7 heteroatoms. The number of hydrogen-bond donors (Lipinski definition) is 2. The summed E-state index contributed by atoms with van der Waals surface area (Å²) in [6.07, 6.45) is 5.40. The summed E-state index contributed by atoms with van der Waals surface area (Å²) in [6, 6.07) is 19.6. The van der Waals surface area contributed by atoms with E-state index in [1.165, 1.54) is 12.8 Å². The Labute approximate surface area is 204 Å². The van der Waals surface area contributed by atoms with Crippen molar-refractivity contribution >= 4 is 28.4 Å². The van der Waals surface area contributed by atoms with Gasteiger partial charge in [-0.25, -0.2) is 9.50 Å². The highest BCUT2D eigenvalue weighted by atomic mass is 32.1. The first-order chi connectivity index (χ1) is 16.4. The summed E-state index contributed by atoms with van der Waals surface area (Å²) in [5.74, 6) is 1.89. The summed E-state index contributed by atoms with van der Waals surface area (Å²) in [5.41, 5.74) is 3.45. The summed E-state index contributed by atoms with van der Waals surface area (Å²) in [4.78, 5) is 5.65. The van der Waals surface area contributed by atoms with E-state index in [9.17, 15) is 5.11 Å². The molecule has 0 bridgehead atoms. The van der Waals surface area contributed by atoms with Crippen molar-refractivity contribution < 1.29 is 9.84 Å². The lowest BCUT2D eigenvalue weighted by Crippen LogP contribution is -2.29. The average molecular weight is 473 g/mol. The van der Waals surface area contributed by atoms with Crippen molar-refractivity contribution in [3.8, 4) is 22.9 Å². The molecule has 4 aromatic rings. The van der Waals surface area contributed by atoms with Crippen molar-refractivity contribution in [1.29, 1.82) is 0 Å². The van der Waals surface area contributed by atoms with Gasteiger partial charge < -0.3 is 15.2 Å². The maximum Gasteiger partial charge on any atom is 0.239 e. The first kappa shape index (κ1) is 22.5. The second kappa shape index (κ2) is 9.16. The third-order valence-electron chi connectivity index (χ3n) is 5.80. The standard InChI is InChI=1S/C27H28N4O2S/c1-27(2,32)17-29-22-15-25(33-21-6-4-3-5-7-21)30-31-23(16-28-26(22)31)19-10-12-20(13-11-19)24(34)14-18-8-9-18/h3-7,10-13,15-16,18,29,32H,8-9,14,17H2,1-2H3. The van der Waals surface area contributed by atoms with Crippen LogP contribution in [0.25, 0.3) is 16.9 Å². The number of benzene rings is 2. The zero-order valence-electron chi connectivity index (χ0n) is 19.4. The Balaban J connectivity index is 1.50. The van der Waals surface area contributed by atoms with Crippen LogP contribution >= 0.6 is 12.2 Å². The monoisotopic (exact) mass is 472 g/mol. The number of rotatable bonds is 9. The Hall–Kier alpha value is -3.29. The molecular weight excluding hydrogens is 444 g/mol. The van der Waals surface area contributed by atoms with Crippen LogP contribution in [0.4, 0.5) is 5.69 Å². The van der Waals surface area contributed by atoms with E-state index in [-0.39, 0.29) is 0 Å². The van der Waals surface area contributed by atoms with Gasteiger partial charge in [0.1, 0.15) is 5.75 Å². The number of aliphatic hydroxyl groups is 1. The molecule has 2 aromatic carbocycles. The molecule has 0 aliphatic heterocycles. The highest BCUT2D eigenvalue weighted by Crippen LogP contribution is 2.34. The van der Waals surface area contributed by atoms with Gasteiger partial charge in [-0.05, 0) is 56.7 Å². The minimum Gasteiger partial charge on any atom is -0.438 e. The zero-order chi connectivity index (χ0) is 23.7. The Morgan fingerprint density at radius 3 is 2.56 bits per heavy atom. The van der Waals surface area contributed by atoms with Gasteiger partial charge in [0.25, 0.3) is 0 Å². The molecule has 0 amide bonds. The largest absolute Gasteiger partial charge is 0.438 e. The van der Waals surface area contributed by atoms with Gasteiger partial charge in [-0.1, -0.05) is 54.7 Å². The van der Waals surface area contributed by atoms with Crippen LogP contribution in [0.2, 0.25) is 0 Å². The second-order valence-electron chi connectivity index (χ2n) is 9.50. The number of para-hydroxylation sites is 1. The van der Waals surface area contributed by atoms with Crippen LogP contribution in [0.5, 0.6) is 11.6 Å². The van der Waals surface area contributed by atoms with Crippen LogP contribution in [0.15, 0.2) is 66.9 Å². The van der Waals surface area contributed by atoms with Gasteiger partial charge >= 0.3 is 0 Å². The smallest absolute Gasteiger partial charge is 0.239 e. The Bertz CT molecular complexity index is 1310. The number of ether oxygens (including phenoxy) is 1. The van der Waals surface area contributed by atoms with E-state index >= 15 is 0 Å². The zero-order valence-corrected chi connectivity index (χ0v) is 20.2. The van der Waals surface area contributed by atoms with Gasteiger partial charge in [0.2, 0.25) is 5.88 Å².